The molecular weight excluding hydrogens is 354 g/mol. The van der Waals surface area contributed by atoms with Crippen molar-refractivity contribution in [1.29, 1.82) is 0 Å². The Hall–Kier alpha value is -2.73. The molecule has 1 aliphatic rings. The summed E-state index contributed by atoms with van der Waals surface area (Å²) in [6.07, 6.45) is 3.00. The molecule has 3 aromatic rings. The summed E-state index contributed by atoms with van der Waals surface area (Å²) in [5.41, 5.74) is 3.31. The summed E-state index contributed by atoms with van der Waals surface area (Å²) in [6, 6.07) is 9.24. The van der Waals surface area contributed by atoms with Gasteiger partial charge in [0.2, 0.25) is 0 Å². The zero-order valence-electron chi connectivity index (χ0n) is 16.3. The van der Waals surface area contributed by atoms with Crippen molar-refractivity contribution in [2.75, 3.05) is 13.1 Å². The van der Waals surface area contributed by atoms with E-state index in [-0.39, 0.29) is 17.1 Å². The Bertz CT molecular complexity index is 1120. The minimum absolute atomic E-state index is 0.0987. The van der Waals surface area contributed by atoms with E-state index in [4.69, 9.17) is 4.42 Å². The Morgan fingerprint density at radius 3 is 2.89 bits per heavy atom. The van der Waals surface area contributed by atoms with Crippen molar-refractivity contribution < 1.29 is 4.42 Å². The molecule has 1 aliphatic heterocycles. The number of H-pyrrole nitrogens is 1. The summed E-state index contributed by atoms with van der Waals surface area (Å²) in [7, 11) is 0. The van der Waals surface area contributed by atoms with Crippen LogP contribution in [0.5, 0.6) is 0 Å². The predicted molar refractivity (Wildman–Crippen MR) is 109 cm³/mol. The molecule has 0 aliphatic carbocycles. The molecule has 6 heteroatoms. The highest BCUT2D eigenvalue weighted by Crippen LogP contribution is 2.27. The lowest BCUT2D eigenvalue weighted by Gasteiger charge is -2.32. The summed E-state index contributed by atoms with van der Waals surface area (Å²) < 4.78 is 5.39. The zero-order chi connectivity index (χ0) is 19.7. The van der Waals surface area contributed by atoms with Gasteiger partial charge < -0.3 is 9.40 Å². The number of likely N-dealkylation sites (tertiary alicyclic amines) is 1. The number of aromatic nitrogens is 2. The second kappa shape index (κ2) is 7.72. The van der Waals surface area contributed by atoms with Crippen LogP contribution in [0.15, 0.2) is 44.3 Å². The Balaban J connectivity index is 1.62. The first-order valence-electron chi connectivity index (χ1n) is 9.87. The van der Waals surface area contributed by atoms with E-state index >= 15 is 0 Å². The van der Waals surface area contributed by atoms with Gasteiger partial charge in [0.15, 0.2) is 0 Å². The second-order valence-corrected chi connectivity index (χ2v) is 7.60. The lowest BCUT2D eigenvalue weighted by molar-refractivity contribution is 0.198. The average Bonchev–Trinajstić information content (AvgIpc) is 2.67. The number of aromatic amines is 1. The second-order valence-electron chi connectivity index (χ2n) is 7.60. The van der Waals surface area contributed by atoms with Gasteiger partial charge in [0.1, 0.15) is 11.4 Å². The van der Waals surface area contributed by atoms with Crippen LogP contribution in [0.3, 0.4) is 0 Å². The normalized spacial score (nSPS) is 17.9. The van der Waals surface area contributed by atoms with Gasteiger partial charge in [0, 0.05) is 36.5 Å². The van der Waals surface area contributed by atoms with Crippen molar-refractivity contribution in [3.8, 4) is 0 Å². The molecule has 1 atom stereocenters. The summed E-state index contributed by atoms with van der Waals surface area (Å²) in [6.45, 7) is 6.41. The van der Waals surface area contributed by atoms with Crippen LogP contribution in [0.2, 0.25) is 0 Å². The molecule has 3 heterocycles. The van der Waals surface area contributed by atoms with Crippen LogP contribution in [-0.2, 0) is 13.0 Å². The predicted octanol–water partition coefficient (Wildman–Crippen LogP) is 3.13. The van der Waals surface area contributed by atoms with Crippen LogP contribution in [-0.4, -0.2) is 28.0 Å². The molecule has 0 amide bonds. The van der Waals surface area contributed by atoms with E-state index < -0.39 is 0 Å². The maximum Gasteiger partial charge on any atom is 0.336 e. The highest BCUT2D eigenvalue weighted by Gasteiger charge is 2.23. The van der Waals surface area contributed by atoms with Crippen molar-refractivity contribution in [3.63, 3.8) is 0 Å². The van der Waals surface area contributed by atoms with Crippen LogP contribution in [0.4, 0.5) is 0 Å². The first-order chi connectivity index (χ1) is 13.5. The van der Waals surface area contributed by atoms with Crippen LogP contribution < -0.4 is 11.2 Å². The highest BCUT2D eigenvalue weighted by molar-refractivity contribution is 5.80. The Morgan fingerprint density at radius 1 is 1.25 bits per heavy atom. The van der Waals surface area contributed by atoms with E-state index in [0.717, 1.165) is 49.0 Å². The molecule has 1 aromatic carbocycles. The molecule has 1 fully saturated rings. The van der Waals surface area contributed by atoms with Gasteiger partial charge in [-0.25, -0.2) is 9.78 Å². The molecule has 6 nitrogen and oxygen atoms in total. The molecule has 146 valence electrons. The number of hydrogen-bond acceptors (Lipinski definition) is 5. The topological polar surface area (TPSA) is 79.2 Å². The van der Waals surface area contributed by atoms with E-state index in [0.29, 0.717) is 18.0 Å². The van der Waals surface area contributed by atoms with Gasteiger partial charge in [-0.3, -0.25) is 9.69 Å². The number of nitrogens with one attached hydrogen (secondary N) is 1. The van der Waals surface area contributed by atoms with Gasteiger partial charge >= 0.3 is 5.63 Å². The molecule has 0 radical (unpaired) electrons. The van der Waals surface area contributed by atoms with Crippen LogP contribution in [0.25, 0.3) is 11.0 Å². The Labute approximate surface area is 163 Å². The number of benzene rings is 1. The minimum atomic E-state index is -0.313. The van der Waals surface area contributed by atoms with E-state index in [1.54, 1.807) is 12.1 Å². The highest BCUT2D eigenvalue weighted by atomic mass is 16.4. The van der Waals surface area contributed by atoms with Crippen molar-refractivity contribution in [2.45, 2.75) is 45.6 Å². The standard InChI is InChI=1S/C22H25N3O3/c1-3-15-6-7-20-18(9-15)17(10-22(27)28-20)13-25-8-4-5-16(12-25)19-11-21(26)24-14(2)23-19/h6-7,9-11,16H,3-5,8,12-13H2,1-2H3,(H,23,24,26). The third kappa shape index (κ3) is 3.92. The molecule has 1 N–H and O–H groups in total. The van der Waals surface area contributed by atoms with Crippen molar-refractivity contribution in [1.82, 2.24) is 14.9 Å². The van der Waals surface area contributed by atoms with Crippen LogP contribution in [0, 0.1) is 6.92 Å². The quantitative estimate of drug-likeness (QED) is 0.705. The lowest BCUT2D eigenvalue weighted by atomic mass is 9.94. The molecule has 4 rings (SSSR count). The Kier molecular flexibility index (Phi) is 5.13. The molecule has 1 unspecified atom stereocenters. The summed E-state index contributed by atoms with van der Waals surface area (Å²) in [4.78, 5) is 33.4. The van der Waals surface area contributed by atoms with E-state index in [9.17, 15) is 9.59 Å². The van der Waals surface area contributed by atoms with Gasteiger partial charge in [-0.05, 0) is 56.0 Å². The van der Waals surface area contributed by atoms with Gasteiger partial charge in [-0.15, -0.1) is 0 Å². The first kappa shape index (κ1) is 18.6. The molecule has 0 saturated carbocycles. The number of aryl methyl sites for hydroxylation is 2. The number of nitrogens with zero attached hydrogens (tertiary/aromatic N) is 2. The maximum atomic E-state index is 12.0. The summed E-state index contributed by atoms with van der Waals surface area (Å²) >= 11 is 0. The van der Waals surface area contributed by atoms with Gasteiger partial charge in [-0.2, -0.15) is 0 Å². The first-order valence-corrected chi connectivity index (χ1v) is 9.87. The molecule has 2 aromatic heterocycles. The number of hydrogen-bond donors (Lipinski definition) is 1. The summed E-state index contributed by atoms with van der Waals surface area (Å²) in [5, 5.41) is 1.01. The molecular formula is C22H25N3O3. The monoisotopic (exact) mass is 379 g/mol. The molecule has 28 heavy (non-hydrogen) atoms. The third-order valence-corrected chi connectivity index (χ3v) is 5.50. The number of fused-ring (bicyclic) bond motifs is 1. The van der Waals surface area contributed by atoms with Crippen molar-refractivity contribution >= 4 is 11.0 Å². The van der Waals surface area contributed by atoms with E-state index in [1.165, 1.54) is 5.56 Å². The fourth-order valence-electron chi connectivity index (χ4n) is 4.12. The largest absolute Gasteiger partial charge is 0.423 e. The van der Waals surface area contributed by atoms with Crippen molar-refractivity contribution in [2.24, 2.45) is 0 Å². The SMILES string of the molecule is CCc1ccc2oc(=O)cc(CN3CCCC(c4cc(=O)[nH]c(C)n4)C3)c2c1. The van der Waals surface area contributed by atoms with Gasteiger partial charge in [0.05, 0.1) is 5.69 Å². The molecule has 1 saturated heterocycles. The lowest BCUT2D eigenvalue weighted by Crippen LogP contribution is -2.35. The zero-order valence-corrected chi connectivity index (χ0v) is 16.3. The minimum Gasteiger partial charge on any atom is -0.423 e. The maximum absolute atomic E-state index is 12.0. The summed E-state index contributed by atoms with van der Waals surface area (Å²) in [5.74, 6) is 0.880. The number of rotatable bonds is 4. The smallest absolute Gasteiger partial charge is 0.336 e. The number of piperidine rings is 1. The fraction of sp³-hybridized carbons (Fsp3) is 0.409. The van der Waals surface area contributed by atoms with E-state index in [1.807, 2.05) is 19.1 Å². The van der Waals surface area contributed by atoms with Gasteiger partial charge in [0.25, 0.3) is 5.56 Å². The van der Waals surface area contributed by atoms with Crippen LogP contribution in [0.1, 0.15) is 48.3 Å². The van der Waals surface area contributed by atoms with Gasteiger partial charge in [-0.1, -0.05) is 13.0 Å². The Morgan fingerprint density at radius 2 is 2.11 bits per heavy atom. The fourth-order valence-corrected chi connectivity index (χ4v) is 4.12. The van der Waals surface area contributed by atoms with Crippen LogP contribution >= 0.6 is 0 Å². The molecule has 0 bridgehead atoms. The third-order valence-electron chi connectivity index (χ3n) is 5.50. The van der Waals surface area contributed by atoms with Crippen molar-refractivity contribution in [3.05, 3.63) is 73.8 Å². The molecule has 0 spiro atoms. The average molecular weight is 379 g/mol. The van der Waals surface area contributed by atoms with E-state index in [2.05, 4.69) is 27.9 Å².